The lowest BCUT2D eigenvalue weighted by atomic mass is 10.3. The van der Waals surface area contributed by atoms with Gasteiger partial charge in [-0.05, 0) is 0 Å². The zero-order valence-electron chi connectivity index (χ0n) is 9.31. The Labute approximate surface area is 101 Å². The number of aromatic nitrogens is 2. The second kappa shape index (κ2) is 5.83. The first-order chi connectivity index (χ1) is 8.34. The third kappa shape index (κ3) is 4.00. The van der Waals surface area contributed by atoms with Gasteiger partial charge in [-0.15, -0.1) is 0 Å². The van der Waals surface area contributed by atoms with E-state index in [0.717, 1.165) is 0 Å². The summed E-state index contributed by atoms with van der Waals surface area (Å²) in [6, 6.07) is 0. The summed E-state index contributed by atoms with van der Waals surface area (Å²) in [5.41, 5.74) is 5.26. The van der Waals surface area contributed by atoms with Crippen LogP contribution >= 0.6 is 0 Å². The molecule has 1 heterocycles. The number of carbonyl (C=O) groups excluding carboxylic acids is 1. The molecule has 1 unspecified atom stereocenters. The van der Waals surface area contributed by atoms with Crippen molar-refractivity contribution in [1.29, 1.82) is 0 Å². The first-order valence-electron chi connectivity index (χ1n) is 5.09. The number of hydrogen-bond donors (Lipinski definition) is 3. The molecule has 1 atom stereocenters. The van der Waals surface area contributed by atoms with Crippen LogP contribution in [0.4, 0.5) is 13.2 Å². The second-order valence-electron chi connectivity index (χ2n) is 3.55. The molecule has 102 valence electrons. The van der Waals surface area contributed by atoms with Gasteiger partial charge in [0, 0.05) is 19.3 Å². The highest BCUT2D eigenvalue weighted by Gasteiger charge is 2.38. The summed E-state index contributed by atoms with van der Waals surface area (Å²) >= 11 is 0. The highest BCUT2D eigenvalue weighted by Crippen LogP contribution is 2.19. The Bertz CT molecular complexity index is 405. The maximum Gasteiger partial charge on any atom is 0.416 e. The van der Waals surface area contributed by atoms with Crippen LogP contribution in [0, 0.1) is 0 Å². The Hall–Kier alpha value is -1.61. The van der Waals surface area contributed by atoms with Crippen LogP contribution < -0.4 is 11.1 Å². The molecule has 0 saturated carbocycles. The molecule has 0 aliphatic carbocycles. The number of imidazole rings is 1. The predicted molar refractivity (Wildman–Crippen MR) is 55.7 cm³/mol. The Morgan fingerprint density at radius 3 is 2.83 bits per heavy atom. The van der Waals surface area contributed by atoms with E-state index in [1.165, 1.54) is 17.1 Å². The molecule has 0 saturated heterocycles. The van der Waals surface area contributed by atoms with Crippen molar-refractivity contribution in [2.24, 2.45) is 5.73 Å². The number of nitrogens with one attached hydrogen (secondary N) is 1. The average molecular weight is 266 g/mol. The van der Waals surface area contributed by atoms with Gasteiger partial charge in [0.05, 0.1) is 12.9 Å². The van der Waals surface area contributed by atoms with Crippen LogP contribution in [-0.4, -0.2) is 45.9 Å². The number of rotatable bonds is 5. The number of nitrogens with two attached hydrogens (primary N) is 1. The van der Waals surface area contributed by atoms with Gasteiger partial charge in [0.15, 0.2) is 6.10 Å². The van der Waals surface area contributed by atoms with Gasteiger partial charge < -0.3 is 20.7 Å². The minimum absolute atomic E-state index is 0.0298. The van der Waals surface area contributed by atoms with Gasteiger partial charge in [-0.3, -0.25) is 4.79 Å². The number of alkyl halides is 3. The monoisotopic (exact) mass is 266 g/mol. The minimum atomic E-state index is -4.76. The number of amides is 1. The van der Waals surface area contributed by atoms with E-state index in [9.17, 15) is 18.0 Å². The van der Waals surface area contributed by atoms with Gasteiger partial charge in [0.25, 0.3) is 5.91 Å². The standard InChI is InChI=1S/C9H13F3N4O2/c10-9(11,12)7(17)3-14-8(18)6-4-16(2-1-13)5-15-6/h4-5,7,17H,1-3,13H2,(H,14,18). The molecule has 1 aromatic rings. The molecule has 1 aromatic heterocycles. The van der Waals surface area contributed by atoms with E-state index in [1.54, 1.807) is 0 Å². The summed E-state index contributed by atoms with van der Waals surface area (Å²) in [5, 5.41) is 10.6. The van der Waals surface area contributed by atoms with E-state index >= 15 is 0 Å². The van der Waals surface area contributed by atoms with Gasteiger partial charge in [0.1, 0.15) is 5.69 Å². The molecule has 9 heteroatoms. The summed E-state index contributed by atoms with van der Waals surface area (Å²) in [4.78, 5) is 15.1. The number of hydrogen-bond acceptors (Lipinski definition) is 4. The summed E-state index contributed by atoms with van der Waals surface area (Å²) in [5.74, 6) is -0.783. The number of carbonyl (C=O) groups is 1. The Balaban J connectivity index is 2.50. The molecule has 0 fully saturated rings. The molecule has 0 bridgehead atoms. The van der Waals surface area contributed by atoms with Crippen molar-refractivity contribution in [1.82, 2.24) is 14.9 Å². The zero-order valence-corrected chi connectivity index (χ0v) is 9.31. The van der Waals surface area contributed by atoms with Crippen molar-refractivity contribution in [2.45, 2.75) is 18.8 Å². The average Bonchev–Trinajstić information content (AvgIpc) is 2.73. The summed E-state index contributed by atoms with van der Waals surface area (Å²) in [7, 11) is 0. The molecule has 1 rings (SSSR count). The lowest BCUT2D eigenvalue weighted by Crippen LogP contribution is -2.40. The van der Waals surface area contributed by atoms with E-state index in [1.807, 2.05) is 5.32 Å². The van der Waals surface area contributed by atoms with Crippen LogP contribution in [0.2, 0.25) is 0 Å². The van der Waals surface area contributed by atoms with Crippen LogP contribution in [0.25, 0.3) is 0 Å². The normalized spacial score (nSPS) is 13.4. The molecule has 0 spiro atoms. The quantitative estimate of drug-likeness (QED) is 0.669. The van der Waals surface area contributed by atoms with E-state index in [0.29, 0.717) is 13.1 Å². The van der Waals surface area contributed by atoms with Crippen LogP contribution in [-0.2, 0) is 6.54 Å². The molecule has 0 aliphatic rings. The number of nitrogens with zero attached hydrogens (tertiary/aromatic N) is 2. The third-order valence-electron chi connectivity index (χ3n) is 2.09. The molecule has 1 amide bonds. The predicted octanol–water partition coefficient (Wildman–Crippen LogP) is -0.505. The fraction of sp³-hybridized carbons (Fsp3) is 0.556. The topological polar surface area (TPSA) is 93.2 Å². The van der Waals surface area contributed by atoms with Crippen LogP contribution in [0.3, 0.4) is 0 Å². The van der Waals surface area contributed by atoms with Gasteiger partial charge in [-0.25, -0.2) is 4.98 Å². The van der Waals surface area contributed by atoms with Gasteiger partial charge in [-0.1, -0.05) is 0 Å². The van der Waals surface area contributed by atoms with E-state index in [4.69, 9.17) is 10.8 Å². The summed E-state index contributed by atoms with van der Waals surface area (Å²) < 4.78 is 37.5. The molecule has 0 aliphatic heterocycles. The Morgan fingerprint density at radius 2 is 2.28 bits per heavy atom. The van der Waals surface area contributed by atoms with E-state index in [2.05, 4.69) is 4.98 Å². The third-order valence-corrected chi connectivity index (χ3v) is 2.09. The van der Waals surface area contributed by atoms with Crippen LogP contribution in [0.1, 0.15) is 10.5 Å². The number of aliphatic hydroxyl groups is 1. The van der Waals surface area contributed by atoms with Crippen molar-refractivity contribution < 1.29 is 23.1 Å². The summed E-state index contributed by atoms with van der Waals surface area (Å²) in [6.07, 6.45) is -4.64. The fourth-order valence-corrected chi connectivity index (χ4v) is 1.14. The van der Waals surface area contributed by atoms with Gasteiger partial charge in [0.2, 0.25) is 0 Å². The SMILES string of the molecule is NCCn1cnc(C(=O)NCC(O)C(F)(F)F)c1. The van der Waals surface area contributed by atoms with Crippen molar-refractivity contribution in [2.75, 3.05) is 13.1 Å². The summed E-state index contributed by atoms with van der Waals surface area (Å²) in [6.45, 7) is -0.109. The Kier molecular flexibility index (Phi) is 4.68. The Morgan fingerprint density at radius 1 is 1.61 bits per heavy atom. The maximum atomic E-state index is 12.0. The molecule has 18 heavy (non-hydrogen) atoms. The van der Waals surface area contributed by atoms with E-state index < -0.39 is 24.7 Å². The maximum absolute atomic E-state index is 12.0. The fourth-order valence-electron chi connectivity index (χ4n) is 1.14. The number of aliphatic hydroxyl groups excluding tert-OH is 1. The van der Waals surface area contributed by atoms with Crippen molar-refractivity contribution >= 4 is 5.91 Å². The first-order valence-corrected chi connectivity index (χ1v) is 5.09. The van der Waals surface area contributed by atoms with Gasteiger partial charge >= 0.3 is 6.18 Å². The van der Waals surface area contributed by atoms with Crippen LogP contribution in [0.5, 0.6) is 0 Å². The molecule has 0 aromatic carbocycles. The van der Waals surface area contributed by atoms with Gasteiger partial charge in [-0.2, -0.15) is 13.2 Å². The highest BCUT2D eigenvalue weighted by atomic mass is 19.4. The molecule has 0 radical (unpaired) electrons. The lowest BCUT2D eigenvalue weighted by Gasteiger charge is -2.14. The largest absolute Gasteiger partial charge is 0.416 e. The molecule has 4 N–H and O–H groups in total. The van der Waals surface area contributed by atoms with E-state index in [-0.39, 0.29) is 5.69 Å². The van der Waals surface area contributed by atoms with Crippen molar-refractivity contribution in [3.05, 3.63) is 18.2 Å². The number of halogens is 3. The van der Waals surface area contributed by atoms with Crippen molar-refractivity contribution in [3.63, 3.8) is 0 Å². The molecule has 6 nitrogen and oxygen atoms in total. The van der Waals surface area contributed by atoms with Crippen LogP contribution in [0.15, 0.2) is 12.5 Å². The first kappa shape index (κ1) is 14.5. The smallest absolute Gasteiger partial charge is 0.382 e. The minimum Gasteiger partial charge on any atom is -0.382 e. The highest BCUT2D eigenvalue weighted by molar-refractivity contribution is 5.92. The molecular formula is C9H13F3N4O2. The lowest BCUT2D eigenvalue weighted by molar-refractivity contribution is -0.201. The molecular weight excluding hydrogens is 253 g/mol. The second-order valence-corrected chi connectivity index (χ2v) is 3.55. The zero-order chi connectivity index (χ0) is 13.8. The van der Waals surface area contributed by atoms with Crippen molar-refractivity contribution in [3.8, 4) is 0 Å².